The molecule has 0 spiro atoms. The maximum absolute atomic E-state index is 13.9. The normalized spacial score (nSPS) is 10.6. The lowest BCUT2D eigenvalue weighted by atomic mass is 10.1. The molecule has 10 heteroatoms. The average Bonchev–Trinajstić information content (AvgIpc) is 2.70. The first kappa shape index (κ1) is 23.2. The third-order valence-corrected chi connectivity index (χ3v) is 5.28. The third-order valence-electron chi connectivity index (χ3n) is 4.12. The molecule has 0 saturated carbocycles. The molecule has 5 nitrogen and oxygen atoms in total. The Morgan fingerprint density at radius 2 is 1.61 bits per heavy atom. The minimum atomic E-state index is -1.22. The summed E-state index contributed by atoms with van der Waals surface area (Å²) in [5.41, 5.74) is 0.229. The molecule has 0 aliphatic heterocycles. The predicted octanol–water partition coefficient (Wildman–Crippen LogP) is 6.97. The molecule has 2 N–H and O–H groups in total. The number of hydrogen-bond donors (Lipinski definition) is 2. The Balaban J connectivity index is 1.80. The van der Waals surface area contributed by atoms with Crippen molar-refractivity contribution in [2.45, 2.75) is 6.61 Å². The van der Waals surface area contributed by atoms with Crippen molar-refractivity contribution in [1.29, 1.82) is 0 Å². The second-order valence-corrected chi connectivity index (χ2v) is 7.90. The molecule has 0 atom stereocenters. The van der Waals surface area contributed by atoms with E-state index in [0.717, 1.165) is 12.1 Å². The molecule has 3 rings (SSSR count). The van der Waals surface area contributed by atoms with Gasteiger partial charge in [0.05, 0.1) is 31.9 Å². The summed E-state index contributed by atoms with van der Waals surface area (Å²) < 4.78 is 19.5. The molecule has 31 heavy (non-hydrogen) atoms. The fourth-order valence-corrected chi connectivity index (χ4v) is 3.51. The minimum absolute atomic E-state index is 0.0314. The monoisotopic (exact) mass is 501 g/mol. The van der Waals surface area contributed by atoms with Gasteiger partial charge in [0.15, 0.2) is 0 Å². The van der Waals surface area contributed by atoms with Crippen LogP contribution in [0.25, 0.3) is 0 Å². The van der Waals surface area contributed by atoms with Crippen molar-refractivity contribution < 1.29 is 23.8 Å². The van der Waals surface area contributed by atoms with E-state index in [0.29, 0.717) is 0 Å². The Kier molecular flexibility index (Phi) is 7.28. The quantitative estimate of drug-likeness (QED) is 0.381. The van der Waals surface area contributed by atoms with Crippen LogP contribution in [-0.4, -0.2) is 17.0 Å². The number of aromatic carboxylic acids is 1. The lowest BCUT2D eigenvalue weighted by Gasteiger charge is -2.13. The molecule has 0 bridgehead atoms. The van der Waals surface area contributed by atoms with E-state index >= 15 is 0 Å². The Morgan fingerprint density at radius 3 is 2.23 bits per heavy atom. The number of nitrogens with one attached hydrogen (secondary N) is 1. The van der Waals surface area contributed by atoms with Gasteiger partial charge >= 0.3 is 5.97 Å². The van der Waals surface area contributed by atoms with E-state index in [4.69, 9.17) is 56.2 Å². The fourth-order valence-electron chi connectivity index (χ4n) is 2.56. The maximum Gasteiger partial charge on any atom is 0.335 e. The minimum Gasteiger partial charge on any atom is -0.489 e. The average molecular weight is 503 g/mol. The highest BCUT2D eigenvalue weighted by Crippen LogP contribution is 2.33. The van der Waals surface area contributed by atoms with Crippen LogP contribution in [0.4, 0.5) is 10.1 Å². The summed E-state index contributed by atoms with van der Waals surface area (Å²) in [5, 5.41) is 11.8. The third kappa shape index (κ3) is 5.60. The van der Waals surface area contributed by atoms with Crippen LogP contribution in [0.15, 0.2) is 48.5 Å². The van der Waals surface area contributed by atoms with Crippen molar-refractivity contribution in [2.75, 3.05) is 5.32 Å². The van der Waals surface area contributed by atoms with Gasteiger partial charge < -0.3 is 15.2 Å². The van der Waals surface area contributed by atoms with Crippen LogP contribution in [-0.2, 0) is 6.61 Å². The van der Waals surface area contributed by atoms with E-state index in [-0.39, 0.29) is 54.8 Å². The van der Waals surface area contributed by atoms with E-state index < -0.39 is 17.7 Å². The molecule has 0 radical (unpaired) electrons. The lowest BCUT2D eigenvalue weighted by molar-refractivity contribution is 0.0696. The number of ether oxygens (including phenoxy) is 1. The van der Waals surface area contributed by atoms with E-state index in [1.165, 1.54) is 36.4 Å². The Morgan fingerprint density at radius 1 is 0.935 bits per heavy atom. The lowest BCUT2D eigenvalue weighted by Crippen LogP contribution is -2.14. The number of anilines is 1. The van der Waals surface area contributed by atoms with E-state index in [2.05, 4.69) is 5.32 Å². The van der Waals surface area contributed by atoms with Crippen molar-refractivity contribution in [3.05, 3.63) is 91.1 Å². The standard InChI is InChI=1S/C21H12Cl4FNO4/c22-12-2-1-10(18(26)7-12)9-31-13-3-4-15(23)14(8-13)20(28)27-19-16(24)5-11(21(29)30)6-17(19)25/h1-8H,9H2,(H,27,28)(H,29,30). The van der Waals surface area contributed by atoms with Crippen molar-refractivity contribution in [2.24, 2.45) is 0 Å². The Bertz CT molecular complexity index is 1160. The van der Waals surface area contributed by atoms with Gasteiger partial charge in [0, 0.05) is 10.6 Å². The highest BCUT2D eigenvalue weighted by molar-refractivity contribution is 6.41. The number of hydrogen-bond acceptors (Lipinski definition) is 3. The van der Waals surface area contributed by atoms with Crippen LogP contribution in [0.1, 0.15) is 26.3 Å². The maximum atomic E-state index is 13.9. The van der Waals surface area contributed by atoms with Crippen LogP contribution >= 0.6 is 46.4 Å². The first-order chi connectivity index (χ1) is 14.7. The van der Waals surface area contributed by atoms with Crippen LogP contribution in [0.2, 0.25) is 20.1 Å². The summed E-state index contributed by atoms with van der Waals surface area (Å²) in [7, 11) is 0. The molecular weight excluding hydrogens is 491 g/mol. The van der Waals surface area contributed by atoms with Gasteiger partial charge in [-0.2, -0.15) is 0 Å². The van der Waals surface area contributed by atoms with Crippen LogP contribution in [0.5, 0.6) is 5.75 Å². The number of rotatable bonds is 6. The highest BCUT2D eigenvalue weighted by Gasteiger charge is 2.18. The van der Waals surface area contributed by atoms with Gasteiger partial charge in [-0.1, -0.05) is 52.5 Å². The van der Waals surface area contributed by atoms with Crippen LogP contribution < -0.4 is 10.1 Å². The second kappa shape index (κ2) is 9.75. The first-order valence-electron chi connectivity index (χ1n) is 8.55. The molecule has 1 amide bonds. The fraction of sp³-hybridized carbons (Fsp3) is 0.0476. The van der Waals surface area contributed by atoms with E-state index in [9.17, 15) is 14.0 Å². The molecular formula is C21H12Cl4FNO4. The Labute approximate surface area is 196 Å². The van der Waals surface area contributed by atoms with Gasteiger partial charge in [0.1, 0.15) is 18.2 Å². The zero-order valence-corrected chi connectivity index (χ0v) is 18.4. The van der Waals surface area contributed by atoms with Crippen molar-refractivity contribution in [1.82, 2.24) is 0 Å². The van der Waals surface area contributed by atoms with Crippen molar-refractivity contribution in [3.63, 3.8) is 0 Å². The van der Waals surface area contributed by atoms with Crippen molar-refractivity contribution in [3.8, 4) is 5.75 Å². The zero-order valence-electron chi connectivity index (χ0n) is 15.4. The number of carbonyl (C=O) groups excluding carboxylic acids is 1. The molecule has 0 aromatic heterocycles. The number of carbonyl (C=O) groups is 2. The van der Waals surface area contributed by atoms with Crippen LogP contribution in [0, 0.1) is 5.82 Å². The highest BCUT2D eigenvalue weighted by atomic mass is 35.5. The molecule has 0 fully saturated rings. The van der Waals surface area contributed by atoms with Gasteiger partial charge in [-0.05, 0) is 42.5 Å². The van der Waals surface area contributed by atoms with Gasteiger partial charge in [-0.3, -0.25) is 4.79 Å². The molecule has 3 aromatic rings. The largest absolute Gasteiger partial charge is 0.489 e. The van der Waals surface area contributed by atoms with Crippen LogP contribution in [0.3, 0.4) is 0 Å². The molecule has 0 saturated heterocycles. The van der Waals surface area contributed by atoms with Gasteiger partial charge in [0.2, 0.25) is 0 Å². The van der Waals surface area contributed by atoms with E-state index in [1.807, 2.05) is 0 Å². The molecule has 0 heterocycles. The summed E-state index contributed by atoms with van der Waals surface area (Å²) in [5.74, 6) is -2.12. The smallest absolute Gasteiger partial charge is 0.335 e. The van der Waals surface area contributed by atoms with Gasteiger partial charge in [-0.15, -0.1) is 0 Å². The Hall–Kier alpha value is -2.51. The summed E-state index contributed by atoms with van der Waals surface area (Å²) in [6.07, 6.45) is 0. The SMILES string of the molecule is O=C(O)c1cc(Cl)c(NC(=O)c2cc(OCc3ccc(Cl)cc3F)ccc2Cl)c(Cl)c1. The number of carboxylic acids is 1. The molecule has 160 valence electrons. The number of carboxylic acid groups (broad SMARTS) is 1. The number of halogens is 5. The van der Waals surface area contributed by atoms with Gasteiger partial charge in [-0.25, -0.2) is 9.18 Å². The molecule has 0 aliphatic carbocycles. The molecule has 3 aromatic carbocycles. The topological polar surface area (TPSA) is 75.6 Å². The van der Waals surface area contributed by atoms with Gasteiger partial charge in [0.25, 0.3) is 5.91 Å². The zero-order chi connectivity index (χ0) is 22.7. The number of benzene rings is 3. The van der Waals surface area contributed by atoms with E-state index in [1.54, 1.807) is 0 Å². The molecule has 0 aliphatic rings. The predicted molar refractivity (Wildman–Crippen MR) is 119 cm³/mol. The summed E-state index contributed by atoms with van der Waals surface area (Å²) >= 11 is 24.0. The number of amides is 1. The molecule has 0 unspecified atom stereocenters. The van der Waals surface area contributed by atoms with Crippen molar-refractivity contribution >= 4 is 64.0 Å². The summed E-state index contributed by atoms with van der Waals surface area (Å²) in [6.45, 7) is -0.0972. The first-order valence-corrected chi connectivity index (χ1v) is 10.1. The summed E-state index contributed by atoms with van der Waals surface area (Å²) in [4.78, 5) is 23.8. The second-order valence-electron chi connectivity index (χ2n) is 6.24. The summed E-state index contributed by atoms with van der Waals surface area (Å²) in [6, 6.07) is 10.9.